The number of nitrogens with zero attached hydrogens (tertiary/aromatic N) is 2. The zero-order valence-electron chi connectivity index (χ0n) is 18.0. The van der Waals surface area contributed by atoms with Gasteiger partial charge in [0.2, 0.25) is 5.82 Å². The van der Waals surface area contributed by atoms with Crippen LogP contribution in [-0.4, -0.2) is 35.4 Å². The van der Waals surface area contributed by atoms with Crippen LogP contribution in [0.25, 0.3) is 34.0 Å². The van der Waals surface area contributed by atoms with Gasteiger partial charge in [0, 0.05) is 12.7 Å². The summed E-state index contributed by atoms with van der Waals surface area (Å²) in [5, 5.41) is 13.3. The number of aromatic nitrogens is 2. The molecule has 0 aliphatic rings. The van der Waals surface area contributed by atoms with Crippen molar-refractivity contribution < 1.29 is 23.9 Å². The maximum Gasteiger partial charge on any atom is 0.335 e. The Morgan fingerprint density at radius 3 is 2.50 bits per heavy atom. The van der Waals surface area contributed by atoms with Crippen molar-refractivity contribution in [2.24, 2.45) is 0 Å². The van der Waals surface area contributed by atoms with E-state index in [1.54, 1.807) is 13.2 Å². The summed E-state index contributed by atoms with van der Waals surface area (Å²) in [6, 6.07) is 18.6. The highest BCUT2D eigenvalue weighted by Crippen LogP contribution is 2.33. The molecule has 0 aliphatic carbocycles. The van der Waals surface area contributed by atoms with Crippen molar-refractivity contribution in [2.75, 3.05) is 14.2 Å². The summed E-state index contributed by atoms with van der Waals surface area (Å²) in [4.78, 5) is 15.7. The molecule has 4 rings (SSSR count). The molecule has 0 unspecified atom stereocenters. The summed E-state index contributed by atoms with van der Waals surface area (Å²) in [6.45, 7) is 2.51. The van der Waals surface area contributed by atoms with Gasteiger partial charge < -0.3 is 19.1 Å². The second-order valence-corrected chi connectivity index (χ2v) is 7.26. The highest BCUT2D eigenvalue weighted by atomic mass is 16.5. The molecular weight excluding hydrogens is 408 g/mol. The van der Waals surface area contributed by atoms with Crippen molar-refractivity contribution in [3.63, 3.8) is 0 Å². The van der Waals surface area contributed by atoms with E-state index in [2.05, 4.69) is 29.2 Å². The van der Waals surface area contributed by atoms with Crippen molar-refractivity contribution in [1.29, 1.82) is 0 Å². The Morgan fingerprint density at radius 1 is 1.00 bits per heavy atom. The number of aryl methyl sites for hydroxylation is 1. The smallest absolute Gasteiger partial charge is 0.335 e. The number of hydrogen-bond donors (Lipinski definition) is 1. The summed E-state index contributed by atoms with van der Waals surface area (Å²) < 4.78 is 16.3. The van der Waals surface area contributed by atoms with Gasteiger partial charge in [-0.05, 0) is 59.5 Å². The van der Waals surface area contributed by atoms with Crippen LogP contribution in [0, 0.1) is 6.92 Å². The molecule has 4 aromatic rings. The molecule has 0 amide bonds. The van der Waals surface area contributed by atoms with Crippen LogP contribution >= 0.6 is 0 Å². The average Bonchev–Trinajstić information content (AvgIpc) is 3.29. The Balaban J connectivity index is 1.73. The molecule has 3 aromatic carbocycles. The summed E-state index contributed by atoms with van der Waals surface area (Å²) in [5.74, 6) is -0.0293. The third kappa shape index (κ3) is 4.10. The van der Waals surface area contributed by atoms with Crippen LogP contribution in [0.2, 0.25) is 0 Å². The van der Waals surface area contributed by atoms with Crippen molar-refractivity contribution in [1.82, 2.24) is 10.1 Å². The third-order valence-electron chi connectivity index (χ3n) is 5.20. The highest BCUT2D eigenvalue weighted by molar-refractivity contribution is 5.89. The zero-order chi connectivity index (χ0) is 22.7. The first-order chi connectivity index (χ1) is 15.5. The van der Waals surface area contributed by atoms with Crippen LogP contribution in [0.15, 0.2) is 65.2 Å². The Labute approximate surface area is 185 Å². The number of hydrogen-bond acceptors (Lipinski definition) is 6. The van der Waals surface area contributed by atoms with Crippen LogP contribution in [0.4, 0.5) is 0 Å². The first-order valence-electron chi connectivity index (χ1n) is 9.95. The van der Waals surface area contributed by atoms with Gasteiger partial charge in [0.05, 0.1) is 24.8 Å². The fourth-order valence-electron chi connectivity index (χ4n) is 3.60. The molecule has 7 heteroatoms. The molecule has 32 heavy (non-hydrogen) atoms. The topological polar surface area (TPSA) is 94.7 Å². The van der Waals surface area contributed by atoms with Gasteiger partial charge in [0.1, 0.15) is 5.75 Å². The van der Waals surface area contributed by atoms with Gasteiger partial charge >= 0.3 is 5.97 Å². The minimum absolute atomic E-state index is 0.116. The number of carbonyl (C=O) groups is 1. The van der Waals surface area contributed by atoms with Gasteiger partial charge in [-0.1, -0.05) is 35.5 Å². The molecule has 0 bridgehead atoms. The molecule has 162 valence electrons. The fourth-order valence-corrected chi connectivity index (χ4v) is 3.60. The molecule has 0 saturated carbocycles. The molecule has 0 spiro atoms. The van der Waals surface area contributed by atoms with Crippen LogP contribution < -0.4 is 4.74 Å². The quantitative estimate of drug-likeness (QED) is 0.429. The van der Waals surface area contributed by atoms with Gasteiger partial charge in [-0.2, -0.15) is 4.98 Å². The average molecular weight is 430 g/mol. The number of rotatable bonds is 7. The Kier molecular flexibility index (Phi) is 6.00. The zero-order valence-corrected chi connectivity index (χ0v) is 18.0. The molecule has 0 saturated heterocycles. The second kappa shape index (κ2) is 9.03. The molecule has 1 heterocycles. The normalized spacial score (nSPS) is 10.8. The fraction of sp³-hybridized carbons (Fsp3) is 0.160. The maximum atomic E-state index is 11.2. The van der Waals surface area contributed by atoms with Gasteiger partial charge in [-0.15, -0.1) is 0 Å². The highest BCUT2D eigenvalue weighted by Gasteiger charge is 2.18. The Morgan fingerprint density at radius 2 is 1.78 bits per heavy atom. The van der Waals surface area contributed by atoms with Crippen molar-refractivity contribution in [3.05, 3.63) is 77.4 Å². The van der Waals surface area contributed by atoms with E-state index in [1.165, 1.54) is 24.8 Å². The van der Waals surface area contributed by atoms with E-state index in [0.717, 1.165) is 22.3 Å². The molecule has 0 fully saturated rings. The van der Waals surface area contributed by atoms with Crippen LogP contribution in [0.5, 0.6) is 5.75 Å². The SMILES string of the molecule is COCc1cc(-c2nc(-c3ccc(C(=O)O)cc3OC)no2)ccc1-c1ccccc1C. The summed E-state index contributed by atoms with van der Waals surface area (Å²) >= 11 is 0. The van der Waals surface area contributed by atoms with Crippen LogP contribution in [0.3, 0.4) is 0 Å². The lowest BCUT2D eigenvalue weighted by atomic mass is 9.94. The minimum atomic E-state index is -1.04. The predicted octanol–water partition coefficient (Wildman–Crippen LogP) is 5.23. The largest absolute Gasteiger partial charge is 0.496 e. The number of ether oxygens (including phenoxy) is 2. The van der Waals surface area contributed by atoms with E-state index in [9.17, 15) is 9.90 Å². The number of benzene rings is 3. The van der Waals surface area contributed by atoms with Gasteiger partial charge in [0.15, 0.2) is 0 Å². The lowest BCUT2D eigenvalue weighted by molar-refractivity contribution is 0.0696. The standard InChI is InChI=1S/C25H22N2O5/c1-15-6-4-5-7-19(15)20-10-8-16(12-18(20)14-30-2)24-26-23(27-32-24)21-11-9-17(25(28)29)13-22(21)31-3/h4-13H,14H2,1-3H3,(H,28,29). The Hall–Kier alpha value is -3.97. The summed E-state index contributed by atoms with van der Waals surface area (Å²) in [6.07, 6.45) is 0. The van der Waals surface area contributed by atoms with Gasteiger partial charge in [-0.3, -0.25) is 0 Å². The molecule has 1 N–H and O–H groups in total. The van der Waals surface area contributed by atoms with E-state index in [1.807, 2.05) is 30.3 Å². The number of methoxy groups -OCH3 is 2. The van der Waals surface area contributed by atoms with E-state index < -0.39 is 5.97 Å². The first-order valence-corrected chi connectivity index (χ1v) is 9.95. The van der Waals surface area contributed by atoms with Crippen molar-refractivity contribution in [2.45, 2.75) is 13.5 Å². The second-order valence-electron chi connectivity index (χ2n) is 7.26. The van der Waals surface area contributed by atoms with Crippen molar-refractivity contribution >= 4 is 5.97 Å². The van der Waals surface area contributed by atoms with Gasteiger partial charge in [0.25, 0.3) is 5.89 Å². The molecule has 1 aromatic heterocycles. The first kappa shape index (κ1) is 21.3. The van der Waals surface area contributed by atoms with E-state index >= 15 is 0 Å². The molecule has 0 radical (unpaired) electrons. The summed E-state index contributed by atoms with van der Waals surface area (Å²) in [5.41, 5.74) is 5.82. The van der Waals surface area contributed by atoms with E-state index in [-0.39, 0.29) is 5.56 Å². The molecular formula is C25H22N2O5. The number of carboxylic acids is 1. The lowest BCUT2D eigenvalue weighted by Crippen LogP contribution is -1.98. The monoisotopic (exact) mass is 430 g/mol. The lowest BCUT2D eigenvalue weighted by Gasteiger charge is -2.12. The van der Waals surface area contributed by atoms with E-state index in [4.69, 9.17) is 14.0 Å². The predicted molar refractivity (Wildman–Crippen MR) is 120 cm³/mol. The molecule has 0 aliphatic heterocycles. The number of aromatic carboxylic acids is 1. The molecule has 0 atom stereocenters. The van der Waals surface area contributed by atoms with Crippen LogP contribution in [-0.2, 0) is 11.3 Å². The maximum absolute atomic E-state index is 11.2. The third-order valence-corrected chi connectivity index (χ3v) is 5.20. The Bertz CT molecular complexity index is 1280. The molecule has 7 nitrogen and oxygen atoms in total. The number of carboxylic acid groups (broad SMARTS) is 1. The summed E-state index contributed by atoms with van der Waals surface area (Å²) in [7, 11) is 3.12. The van der Waals surface area contributed by atoms with Crippen LogP contribution in [0.1, 0.15) is 21.5 Å². The van der Waals surface area contributed by atoms with E-state index in [0.29, 0.717) is 29.6 Å². The van der Waals surface area contributed by atoms with Gasteiger partial charge in [-0.25, -0.2) is 4.79 Å². The minimum Gasteiger partial charge on any atom is -0.496 e. The van der Waals surface area contributed by atoms with Crippen molar-refractivity contribution in [3.8, 4) is 39.7 Å².